The van der Waals surface area contributed by atoms with Gasteiger partial charge in [-0.05, 0) is 25.0 Å². The molecule has 0 atom stereocenters. The van der Waals surface area contributed by atoms with Crippen LogP contribution < -0.4 is 5.32 Å². The van der Waals surface area contributed by atoms with E-state index >= 15 is 0 Å². The molecular formula is C14H18Cl3N. The number of hydrogen-bond donors (Lipinski definition) is 1. The number of benzene rings is 1. The molecular weight excluding hydrogens is 289 g/mol. The van der Waals surface area contributed by atoms with Crippen molar-refractivity contribution in [3.8, 4) is 0 Å². The molecule has 0 unspecified atom stereocenters. The Labute approximate surface area is 124 Å². The number of nitrogens with one attached hydrogen (secondary N) is 1. The van der Waals surface area contributed by atoms with Gasteiger partial charge in [0.1, 0.15) is 0 Å². The number of halogens is 3. The summed E-state index contributed by atoms with van der Waals surface area (Å²) in [6.07, 6.45) is 7.84. The van der Waals surface area contributed by atoms with Crippen LogP contribution in [0.1, 0.15) is 44.1 Å². The summed E-state index contributed by atoms with van der Waals surface area (Å²) < 4.78 is 0. The predicted molar refractivity (Wildman–Crippen MR) is 79.8 cm³/mol. The highest BCUT2D eigenvalue weighted by Crippen LogP contribution is 2.31. The lowest BCUT2D eigenvalue weighted by Gasteiger charge is -2.17. The molecule has 0 aromatic heterocycles. The molecule has 18 heavy (non-hydrogen) atoms. The van der Waals surface area contributed by atoms with E-state index in [1.54, 1.807) is 12.1 Å². The first-order valence-corrected chi connectivity index (χ1v) is 7.67. The van der Waals surface area contributed by atoms with E-state index in [9.17, 15) is 0 Å². The van der Waals surface area contributed by atoms with Crippen LogP contribution in [-0.2, 0) is 6.54 Å². The van der Waals surface area contributed by atoms with Crippen molar-refractivity contribution in [1.82, 2.24) is 5.32 Å². The molecule has 0 saturated heterocycles. The summed E-state index contributed by atoms with van der Waals surface area (Å²) in [5.41, 5.74) is 0.912. The maximum atomic E-state index is 6.19. The average molecular weight is 307 g/mol. The maximum Gasteiger partial charge on any atom is 0.0652 e. The Hall–Kier alpha value is 0.0500. The van der Waals surface area contributed by atoms with Gasteiger partial charge in [-0.3, -0.25) is 0 Å². The Kier molecular flexibility index (Phi) is 5.62. The van der Waals surface area contributed by atoms with Crippen LogP contribution in [0.2, 0.25) is 15.1 Å². The van der Waals surface area contributed by atoms with Crippen molar-refractivity contribution < 1.29 is 0 Å². The van der Waals surface area contributed by atoms with Gasteiger partial charge in [-0.1, -0.05) is 60.5 Å². The first-order chi connectivity index (χ1) is 8.68. The summed E-state index contributed by atoms with van der Waals surface area (Å²) in [6.45, 7) is 0.697. The monoisotopic (exact) mass is 305 g/mol. The van der Waals surface area contributed by atoms with Gasteiger partial charge >= 0.3 is 0 Å². The zero-order valence-electron chi connectivity index (χ0n) is 10.3. The van der Waals surface area contributed by atoms with E-state index in [0.717, 1.165) is 5.56 Å². The Balaban J connectivity index is 1.99. The summed E-state index contributed by atoms with van der Waals surface area (Å²) in [4.78, 5) is 0. The van der Waals surface area contributed by atoms with Gasteiger partial charge in [0.2, 0.25) is 0 Å². The van der Waals surface area contributed by atoms with Crippen molar-refractivity contribution in [1.29, 1.82) is 0 Å². The molecule has 1 aromatic carbocycles. The van der Waals surface area contributed by atoms with Gasteiger partial charge in [0.05, 0.1) is 10.0 Å². The molecule has 0 heterocycles. The van der Waals surface area contributed by atoms with E-state index in [2.05, 4.69) is 5.32 Å². The van der Waals surface area contributed by atoms with Crippen LogP contribution in [-0.4, -0.2) is 6.04 Å². The fourth-order valence-corrected chi connectivity index (χ4v) is 3.14. The minimum absolute atomic E-state index is 0.568. The first-order valence-electron chi connectivity index (χ1n) is 6.54. The van der Waals surface area contributed by atoms with Crippen molar-refractivity contribution in [2.75, 3.05) is 0 Å². The van der Waals surface area contributed by atoms with Gasteiger partial charge < -0.3 is 5.32 Å². The van der Waals surface area contributed by atoms with E-state index in [1.807, 2.05) is 0 Å². The summed E-state index contributed by atoms with van der Waals surface area (Å²) in [5, 5.41) is 5.39. The largest absolute Gasteiger partial charge is 0.310 e. The molecule has 0 radical (unpaired) electrons. The van der Waals surface area contributed by atoms with E-state index in [4.69, 9.17) is 34.8 Å². The molecule has 4 heteroatoms. The fraction of sp³-hybridized carbons (Fsp3) is 0.571. The molecule has 1 fully saturated rings. The zero-order valence-corrected chi connectivity index (χ0v) is 12.6. The van der Waals surface area contributed by atoms with Gasteiger partial charge in [0, 0.05) is 23.2 Å². The van der Waals surface area contributed by atoms with Crippen molar-refractivity contribution in [2.45, 2.75) is 51.1 Å². The highest BCUT2D eigenvalue weighted by Gasteiger charge is 2.14. The van der Waals surface area contributed by atoms with Crippen molar-refractivity contribution in [3.63, 3.8) is 0 Å². The van der Waals surface area contributed by atoms with Crippen LogP contribution in [0.25, 0.3) is 0 Å². The lowest BCUT2D eigenvalue weighted by Crippen LogP contribution is -2.28. The third-order valence-corrected chi connectivity index (χ3v) is 4.76. The smallest absolute Gasteiger partial charge is 0.0652 e. The maximum absolute atomic E-state index is 6.19. The minimum Gasteiger partial charge on any atom is -0.310 e. The second kappa shape index (κ2) is 7.00. The van der Waals surface area contributed by atoms with Crippen LogP contribution in [0.5, 0.6) is 0 Å². The standard InChI is InChI=1S/C14H18Cl3N/c15-12-7-8-13(16)14(17)11(12)9-18-10-5-3-1-2-4-6-10/h7-8,10,18H,1-6,9H2. The summed E-state index contributed by atoms with van der Waals surface area (Å²) in [6, 6.07) is 4.12. The van der Waals surface area contributed by atoms with Crippen molar-refractivity contribution in [3.05, 3.63) is 32.8 Å². The van der Waals surface area contributed by atoms with Gasteiger partial charge in [-0.2, -0.15) is 0 Å². The van der Waals surface area contributed by atoms with Crippen LogP contribution in [0.4, 0.5) is 0 Å². The molecule has 1 nitrogen and oxygen atoms in total. The Morgan fingerprint density at radius 3 is 2.22 bits per heavy atom. The molecule has 2 rings (SSSR count). The number of rotatable bonds is 3. The normalized spacial score (nSPS) is 17.7. The second-order valence-electron chi connectivity index (χ2n) is 4.89. The van der Waals surface area contributed by atoms with Gasteiger partial charge in [-0.25, -0.2) is 0 Å². The second-order valence-corrected chi connectivity index (χ2v) is 6.08. The third kappa shape index (κ3) is 3.77. The molecule has 1 aliphatic rings. The lowest BCUT2D eigenvalue weighted by molar-refractivity contribution is 0.459. The van der Waals surface area contributed by atoms with Crippen molar-refractivity contribution in [2.24, 2.45) is 0 Å². The summed E-state index contributed by atoms with van der Waals surface area (Å²) >= 11 is 18.4. The van der Waals surface area contributed by atoms with Crippen LogP contribution in [0.15, 0.2) is 12.1 Å². The van der Waals surface area contributed by atoms with Crippen LogP contribution in [0.3, 0.4) is 0 Å². The van der Waals surface area contributed by atoms with Gasteiger partial charge in [-0.15, -0.1) is 0 Å². The highest BCUT2D eigenvalue weighted by molar-refractivity contribution is 6.44. The van der Waals surface area contributed by atoms with Crippen molar-refractivity contribution >= 4 is 34.8 Å². The lowest BCUT2D eigenvalue weighted by atomic mass is 10.1. The van der Waals surface area contributed by atoms with E-state index in [0.29, 0.717) is 27.7 Å². The molecule has 0 amide bonds. The van der Waals surface area contributed by atoms with Crippen LogP contribution >= 0.6 is 34.8 Å². The molecule has 1 N–H and O–H groups in total. The average Bonchev–Trinajstić information content (AvgIpc) is 2.63. The quantitative estimate of drug-likeness (QED) is 0.577. The Bertz CT molecular complexity index is 398. The predicted octanol–water partition coefficient (Wildman–Crippen LogP) is 5.46. The Morgan fingerprint density at radius 1 is 0.944 bits per heavy atom. The molecule has 100 valence electrons. The molecule has 0 bridgehead atoms. The van der Waals surface area contributed by atoms with Gasteiger partial charge in [0.15, 0.2) is 0 Å². The SMILES string of the molecule is Clc1ccc(Cl)c(CNC2CCCCCC2)c1Cl. The molecule has 1 aliphatic carbocycles. The molecule has 0 aliphatic heterocycles. The molecule has 1 saturated carbocycles. The Morgan fingerprint density at radius 2 is 1.56 bits per heavy atom. The number of hydrogen-bond acceptors (Lipinski definition) is 1. The van der Waals surface area contributed by atoms with E-state index in [-0.39, 0.29) is 0 Å². The minimum atomic E-state index is 0.568. The summed E-state index contributed by atoms with van der Waals surface area (Å²) in [5.74, 6) is 0. The van der Waals surface area contributed by atoms with Gasteiger partial charge in [0.25, 0.3) is 0 Å². The molecule has 0 spiro atoms. The zero-order chi connectivity index (χ0) is 13.0. The topological polar surface area (TPSA) is 12.0 Å². The first kappa shape index (κ1) is 14.5. The molecule has 1 aromatic rings. The van der Waals surface area contributed by atoms with E-state index < -0.39 is 0 Å². The highest BCUT2D eigenvalue weighted by atomic mass is 35.5. The third-order valence-electron chi connectivity index (χ3n) is 3.56. The van der Waals surface area contributed by atoms with E-state index in [1.165, 1.54) is 38.5 Å². The fourth-order valence-electron chi connectivity index (χ4n) is 2.46. The summed E-state index contributed by atoms with van der Waals surface area (Å²) in [7, 11) is 0. The van der Waals surface area contributed by atoms with Crippen LogP contribution in [0, 0.1) is 0 Å².